The molecule has 4 heteroatoms. The second-order valence-corrected chi connectivity index (χ2v) is 5.13. The van der Waals surface area contributed by atoms with Crippen molar-refractivity contribution in [2.75, 3.05) is 6.54 Å². The maximum atomic E-state index is 12.3. The predicted octanol–water partition coefficient (Wildman–Crippen LogP) is 0.879. The molecule has 1 saturated heterocycles. The molecule has 0 aromatic carbocycles. The van der Waals surface area contributed by atoms with Crippen LogP contribution in [-0.4, -0.2) is 40.6 Å². The molecule has 0 radical (unpaired) electrons. The number of aliphatic hydroxyl groups excluding tert-OH is 1. The van der Waals surface area contributed by atoms with Crippen LogP contribution in [0.15, 0.2) is 0 Å². The number of amides is 1. The molecule has 1 aliphatic heterocycles. The third-order valence-corrected chi connectivity index (χ3v) is 3.43. The number of carbonyl (C=O) groups excluding carboxylic acids is 1. The van der Waals surface area contributed by atoms with Crippen LogP contribution in [0, 0.1) is 12.3 Å². The van der Waals surface area contributed by atoms with Gasteiger partial charge in [-0.05, 0) is 26.2 Å². The van der Waals surface area contributed by atoms with E-state index in [9.17, 15) is 9.90 Å². The molecule has 1 heterocycles. The molecule has 0 aliphatic carbocycles. The number of rotatable bonds is 4. The van der Waals surface area contributed by atoms with Gasteiger partial charge >= 0.3 is 0 Å². The second-order valence-electron chi connectivity index (χ2n) is 5.13. The molecule has 0 aromatic rings. The van der Waals surface area contributed by atoms with E-state index in [0.717, 1.165) is 32.2 Å². The van der Waals surface area contributed by atoms with Crippen LogP contribution in [-0.2, 0) is 4.79 Å². The van der Waals surface area contributed by atoms with Gasteiger partial charge in [0.25, 0.3) is 0 Å². The Morgan fingerprint density at radius 3 is 2.89 bits per heavy atom. The van der Waals surface area contributed by atoms with Gasteiger partial charge in [-0.2, -0.15) is 0 Å². The quantitative estimate of drug-likeness (QED) is 0.730. The van der Waals surface area contributed by atoms with Crippen LogP contribution in [0.4, 0.5) is 0 Å². The normalized spacial score (nSPS) is 23.9. The average Bonchev–Trinajstić information content (AvgIpc) is 2.53. The van der Waals surface area contributed by atoms with Gasteiger partial charge in [-0.3, -0.25) is 4.79 Å². The Kier molecular flexibility index (Phi) is 6.17. The molecule has 3 unspecified atom stereocenters. The lowest BCUT2D eigenvalue weighted by atomic mass is 10.0. The molecule has 0 aromatic heterocycles. The summed E-state index contributed by atoms with van der Waals surface area (Å²) in [5.41, 5.74) is 5.81. The Hall–Kier alpha value is -1.05. The highest BCUT2D eigenvalue weighted by Crippen LogP contribution is 2.21. The van der Waals surface area contributed by atoms with Gasteiger partial charge in [0.05, 0.1) is 12.1 Å². The monoisotopic (exact) mass is 252 g/mol. The van der Waals surface area contributed by atoms with Crippen molar-refractivity contribution in [2.24, 2.45) is 5.73 Å². The minimum atomic E-state index is -0.607. The van der Waals surface area contributed by atoms with Crippen LogP contribution in [0.2, 0.25) is 0 Å². The van der Waals surface area contributed by atoms with E-state index in [1.807, 2.05) is 4.90 Å². The molecule has 0 saturated carbocycles. The molecule has 1 fully saturated rings. The SMILES string of the molecule is C#CCC(N)C(=O)N1CCCCCC1CC(C)O. The molecule has 3 atom stereocenters. The lowest BCUT2D eigenvalue weighted by molar-refractivity contribution is -0.135. The summed E-state index contributed by atoms with van der Waals surface area (Å²) in [7, 11) is 0. The lowest BCUT2D eigenvalue weighted by Gasteiger charge is -2.32. The highest BCUT2D eigenvalue weighted by Gasteiger charge is 2.29. The van der Waals surface area contributed by atoms with Crippen LogP contribution in [0.1, 0.15) is 45.4 Å². The Balaban J connectivity index is 2.72. The number of terminal acetylenes is 1. The van der Waals surface area contributed by atoms with Gasteiger partial charge in [-0.1, -0.05) is 12.8 Å². The number of nitrogens with two attached hydrogens (primary N) is 1. The van der Waals surface area contributed by atoms with Gasteiger partial charge in [0, 0.05) is 19.0 Å². The van der Waals surface area contributed by atoms with E-state index in [0.29, 0.717) is 6.42 Å². The third kappa shape index (κ3) is 4.32. The zero-order chi connectivity index (χ0) is 13.5. The van der Waals surface area contributed by atoms with Crippen molar-refractivity contribution in [2.45, 2.75) is 63.6 Å². The number of hydrogen-bond acceptors (Lipinski definition) is 3. The molecule has 0 spiro atoms. The molecule has 1 aliphatic rings. The molecular formula is C14H24N2O2. The maximum absolute atomic E-state index is 12.3. The van der Waals surface area contributed by atoms with Gasteiger partial charge in [0.1, 0.15) is 0 Å². The Bertz CT molecular complexity index is 309. The Morgan fingerprint density at radius 1 is 1.56 bits per heavy atom. The topological polar surface area (TPSA) is 66.6 Å². The van der Waals surface area contributed by atoms with E-state index in [2.05, 4.69) is 5.92 Å². The first-order chi connectivity index (χ1) is 8.56. The Morgan fingerprint density at radius 2 is 2.28 bits per heavy atom. The van der Waals surface area contributed by atoms with E-state index in [-0.39, 0.29) is 18.4 Å². The number of hydrogen-bond donors (Lipinski definition) is 2. The minimum Gasteiger partial charge on any atom is -0.393 e. The van der Waals surface area contributed by atoms with Gasteiger partial charge in [-0.15, -0.1) is 12.3 Å². The van der Waals surface area contributed by atoms with Crippen molar-refractivity contribution in [1.82, 2.24) is 4.90 Å². The zero-order valence-electron chi connectivity index (χ0n) is 11.1. The molecule has 4 nitrogen and oxygen atoms in total. The molecule has 0 bridgehead atoms. The third-order valence-electron chi connectivity index (χ3n) is 3.43. The van der Waals surface area contributed by atoms with Crippen LogP contribution in [0.25, 0.3) is 0 Å². The average molecular weight is 252 g/mol. The number of aliphatic hydroxyl groups is 1. The Labute approximate surface area is 110 Å². The largest absolute Gasteiger partial charge is 0.393 e. The summed E-state index contributed by atoms with van der Waals surface area (Å²) in [6, 6.07) is -0.506. The first kappa shape index (κ1) is 15.0. The van der Waals surface area contributed by atoms with Crippen molar-refractivity contribution in [1.29, 1.82) is 0 Å². The molecule has 1 amide bonds. The number of carbonyl (C=O) groups is 1. The summed E-state index contributed by atoms with van der Waals surface area (Å²) in [6.07, 6.45) is 9.88. The van der Waals surface area contributed by atoms with Crippen molar-refractivity contribution in [3.8, 4) is 12.3 Å². The fraction of sp³-hybridized carbons (Fsp3) is 0.786. The number of likely N-dealkylation sites (tertiary alicyclic amines) is 1. The summed E-state index contributed by atoms with van der Waals surface area (Å²) >= 11 is 0. The van der Waals surface area contributed by atoms with E-state index in [1.165, 1.54) is 0 Å². The van der Waals surface area contributed by atoms with E-state index < -0.39 is 12.1 Å². The van der Waals surface area contributed by atoms with Crippen molar-refractivity contribution < 1.29 is 9.90 Å². The fourth-order valence-electron chi connectivity index (χ4n) is 2.53. The highest BCUT2D eigenvalue weighted by atomic mass is 16.3. The molecule has 1 rings (SSSR count). The van der Waals surface area contributed by atoms with Gasteiger partial charge in [0.2, 0.25) is 5.91 Å². The second kappa shape index (κ2) is 7.40. The molecule has 18 heavy (non-hydrogen) atoms. The highest BCUT2D eigenvalue weighted by molar-refractivity contribution is 5.82. The maximum Gasteiger partial charge on any atom is 0.240 e. The predicted molar refractivity (Wildman–Crippen MR) is 71.7 cm³/mol. The van der Waals surface area contributed by atoms with Crippen LogP contribution < -0.4 is 5.73 Å². The van der Waals surface area contributed by atoms with Gasteiger partial charge < -0.3 is 15.7 Å². The lowest BCUT2D eigenvalue weighted by Crippen LogP contribution is -2.49. The minimum absolute atomic E-state index is 0.0690. The van der Waals surface area contributed by atoms with E-state index >= 15 is 0 Å². The number of nitrogens with zero attached hydrogens (tertiary/aromatic N) is 1. The molecule has 3 N–H and O–H groups in total. The van der Waals surface area contributed by atoms with Gasteiger partial charge in [0.15, 0.2) is 0 Å². The molecular weight excluding hydrogens is 228 g/mol. The smallest absolute Gasteiger partial charge is 0.240 e. The van der Waals surface area contributed by atoms with E-state index in [4.69, 9.17) is 12.2 Å². The first-order valence-electron chi connectivity index (χ1n) is 6.73. The summed E-state index contributed by atoms with van der Waals surface area (Å²) in [4.78, 5) is 14.1. The first-order valence-corrected chi connectivity index (χ1v) is 6.73. The molecule has 102 valence electrons. The summed E-state index contributed by atoms with van der Waals surface area (Å²) in [6.45, 7) is 2.49. The summed E-state index contributed by atoms with van der Waals surface area (Å²) in [5.74, 6) is 2.37. The standard InChI is InChI=1S/C14H24N2O2/c1-3-7-13(15)14(18)16-9-6-4-5-8-12(16)10-11(2)17/h1,11-13,17H,4-10,15H2,2H3. The van der Waals surface area contributed by atoms with E-state index in [1.54, 1.807) is 6.92 Å². The van der Waals surface area contributed by atoms with Crippen molar-refractivity contribution in [3.63, 3.8) is 0 Å². The van der Waals surface area contributed by atoms with Crippen LogP contribution >= 0.6 is 0 Å². The fourth-order valence-corrected chi connectivity index (χ4v) is 2.53. The summed E-state index contributed by atoms with van der Waals surface area (Å²) < 4.78 is 0. The van der Waals surface area contributed by atoms with Crippen LogP contribution in [0.5, 0.6) is 0 Å². The van der Waals surface area contributed by atoms with Crippen molar-refractivity contribution >= 4 is 5.91 Å². The van der Waals surface area contributed by atoms with Gasteiger partial charge in [-0.25, -0.2) is 0 Å². The van der Waals surface area contributed by atoms with Crippen LogP contribution in [0.3, 0.4) is 0 Å². The van der Waals surface area contributed by atoms with Crippen molar-refractivity contribution in [3.05, 3.63) is 0 Å². The zero-order valence-corrected chi connectivity index (χ0v) is 11.1. The summed E-state index contributed by atoms with van der Waals surface area (Å²) in [5, 5.41) is 9.54.